The molecule has 1 saturated heterocycles. The number of amides is 1. The summed E-state index contributed by atoms with van der Waals surface area (Å²) in [7, 11) is 0. The van der Waals surface area contributed by atoms with Gasteiger partial charge in [0.05, 0.1) is 23.4 Å². The van der Waals surface area contributed by atoms with Crippen LogP contribution in [0.2, 0.25) is 0 Å². The molecule has 0 saturated carbocycles. The second-order valence-electron chi connectivity index (χ2n) is 6.55. The molecule has 9 nitrogen and oxygen atoms in total. The van der Waals surface area contributed by atoms with Gasteiger partial charge in [-0.05, 0) is 31.4 Å². The number of rotatable bonds is 4. The zero-order chi connectivity index (χ0) is 22.8. The highest BCUT2D eigenvalue weighted by Gasteiger charge is 2.40. The van der Waals surface area contributed by atoms with Gasteiger partial charge < -0.3 is 14.5 Å². The minimum atomic E-state index is -4.92. The molecule has 0 atom stereocenters. The summed E-state index contributed by atoms with van der Waals surface area (Å²) in [6, 6.07) is 2.65. The SMILES string of the molecule is CCOC(=O)c1cc(C#N)c(N2CCN(C(=O)c3snnc3C)CC2)nc1C(F)(F)F. The number of carbonyl (C=O) groups excluding carboxylic acids is 2. The lowest BCUT2D eigenvalue weighted by atomic mass is 10.1. The Labute approximate surface area is 179 Å². The van der Waals surface area contributed by atoms with E-state index in [4.69, 9.17) is 0 Å². The smallest absolute Gasteiger partial charge is 0.434 e. The van der Waals surface area contributed by atoms with Crippen molar-refractivity contribution in [1.82, 2.24) is 19.5 Å². The van der Waals surface area contributed by atoms with Crippen LogP contribution >= 0.6 is 11.5 Å². The number of halogens is 3. The Bertz CT molecular complexity index is 1040. The van der Waals surface area contributed by atoms with E-state index in [0.29, 0.717) is 10.6 Å². The van der Waals surface area contributed by atoms with E-state index in [0.717, 1.165) is 17.6 Å². The van der Waals surface area contributed by atoms with E-state index in [1.807, 2.05) is 0 Å². The zero-order valence-corrected chi connectivity index (χ0v) is 17.4. The molecule has 0 bridgehead atoms. The van der Waals surface area contributed by atoms with E-state index in [-0.39, 0.29) is 50.1 Å². The van der Waals surface area contributed by atoms with Crippen molar-refractivity contribution in [3.05, 3.63) is 33.5 Å². The van der Waals surface area contributed by atoms with Crippen molar-refractivity contribution in [2.45, 2.75) is 20.0 Å². The molecule has 13 heteroatoms. The number of piperazine rings is 1. The lowest BCUT2D eigenvalue weighted by Gasteiger charge is -2.35. The van der Waals surface area contributed by atoms with Gasteiger partial charge in [0.25, 0.3) is 5.91 Å². The number of carbonyl (C=O) groups is 2. The molecule has 0 N–H and O–H groups in total. The summed E-state index contributed by atoms with van der Waals surface area (Å²) < 4.78 is 49.1. The Morgan fingerprint density at radius 3 is 2.48 bits per heavy atom. The normalized spacial score (nSPS) is 14.3. The molecule has 2 aromatic heterocycles. The number of alkyl halides is 3. The molecule has 0 unspecified atom stereocenters. The highest BCUT2D eigenvalue weighted by Crippen LogP contribution is 2.34. The van der Waals surface area contributed by atoms with Crippen LogP contribution in [0.4, 0.5) is 19.0 Å². The highest BCUT2D eigenvalue weighted by atomic mass is 32.1. The fraction of sp³-hybridized carbons (Fsp3) is 0.444. The van der Waals surface area contributed by atoms with Gasteiger partial charge in [0.1, 0.15) is 16.8 Å². The maximum absolute atomic E-state index is 13.6. The molecule has 3 rings (SSSR count). The van der Waals surface area contributed by atoms with E-state index < -0.39 is 23.4 Å². The highest BCUT2D eigenvalue weighted by molar-refractivity contribution is 7.07. The van der Waals surface area contributed by atoms with Gasteiger partial charge in [0.2, 0.25) is 0 Å². The van der Waals surface area contributed by atoms with Crippen LogP contribution in [-0.4, -0.2) is 64.1 Å². The molecule has 0 aromatic carbocycles. The van der Waals surface area contributed by atoms with Crippen LogP contribution in [-0.2, 0) is 10.9 Å². The average Bonchev–Trinajstić information content (AvgIpc) is 3.17. The molecule has 1 aliphatic heterocycles. The number of esters is 1. The molecule has 31 heavy (non-hydrogen) atoms. The number of aromatic nitrogens is 3. The molecule has 0 radical (unpaired) electrons. The Morgan fingerprint density at radius 1 is 1.29 bits per heavy atom. The van der Waals surface area contributed by atoms with Gasteiger partial charge in [-0.25, -0.2) is 9.78 Å². The number of aryl methyl sites for hydroxylation is 1. The zero-order valence-electron chi connectivity index (χ0n) is 16.6. The van der Waals surface area contributed by atoms with Crippen LogP contribution in [0.5, 0.6) is 0 Å². The summed E-state index contributed by atoms with van der Waals surface area (Å²) in [4.78, 5) is 31.6. The van der Waals surface area contributed by atoms with Gasteiger partial charge in [0.15, 0.2) is 5.69 Å². The first kappa shape index (κ1) is 22.4. The van der Waals surface area contributed by atoms with Gasteiger partial charge >= 0.3 is 12.1 Å². The first-order chi connectivity index (χ1) is 14.7. The number of nitrogens with zero attached hydrogens (tertiary/aromatic N) is 6. The van der Waals surface area contributed by atoms with Crippen LogP contribution in [0.25, 0.3) is 0 Å². The van der Waals surface area contributed by atoms with Crippen molar-refractivity contribution < 1.29 is 27.5 Å². The van der Waals surface area contributed by atoms with Crippen LogP contribution in [0, 0.1) is 18.3 Å². The number of nitriles is 1. The third-order valence-electron chi connectivity index (χ3n) is 4.60. The van der Waals surface area contributed by atoms with Gasteiger partial charge in [-0.2, -0.15) is 18.4 Å². The molecule has 1 fully saturated rings. The summed E-state index contributed by atoms with van der Waals surface area (Å²) >= 11 is 0.977. The van der Waals surface area contributed by atoms with Crippen LogP contribution in [0.15, 0.2) is 6.07 Å². The second kappa shape index (κ2) is 8.84. The summed E-state index contributed by atoms with van der Waals surface area (Å²) in [5, 5.41) is 13.3. The molecule has 0 aliphatic carbocycles. The maximum Gasteiger partial charge on any atom is 0.434 e. The van der Waals surface area contributed by atoms with E-state index in [1.165, 1.54) is 11.8 Å². The minimum absolute atomic E-state index is 0.121. The van der Waals surface area contributed by atoms with Gasteiger partial charge in [-0.3, -0.25) is 4.79 Å². The third-order valence-corrected chi connectivity index (χ3v) is 5.41. The topological polar surface area (TPSA) is 112 Å². The van der Waals surface area contributed by atoms with Crippen molar-refractivity contribution >= 4 is 29.2 Å². The van der Waals surface area contributed by atoms with Crippen LogP contribution in [0.3, 0.4) is 0 Å². The Kier molecular flexibility index (Phi) is 6.40. The molecule has 3 heterocycles. The molecular formula is C18H17F3N6O3S. The van der Waals surface area contributed by atoms with Crippen LogP contribution in [0.1, 0.15) is 43.9 Å². The first-order valence-electron chi connectivity index (χ1n) is 9.20. The quantitative estimate of drug-likeness (QED) is 0.647. The van der Waals surface area contributed by atoms with Gasteiger partial charge in [0, 0.05) is 26.2 Å². The molecule has 0 spiro atoms. The molecule has 1 amide bonds. The average molecular weight is 454 g/mol. The van der Waals surface area contributed by atoms with Gasteiger partial charge in [-0.1, -0.05) is 4.49 Å². The van der Waals surface area contributed by atoms with E-state index in [9.17, 15) is 28.0 Å². The number of ether oxygens (including phenoxy) is 1. The molecule has 164 valence electrons. The summed E-state index contributed by atoms with van der Waals surface area (Å²) in [6.07, 6.45) is -4.92. The van der Waals surface area contributed by atoms with Crippen molar-refractivity contribution in [3.8, 4) is 6.07 Å². The number of hydrogen-bond acceptors (Lipinski definition) is 9. The van der Waals surface area contributed by atoms with Gasteiger partial charge in [-0.15, -0.1) is 5.10 Å². The van der Waals surface area contributed by atoms with Crippen LogP contribution < -0.4 is 4.90 Å². The predicted octanol–water partition coefficient (Wildman–Crippen LogP) is 2.27. The summed E-state index contributed by atoms with van der Waals surface area (Å²) in [5.41, 5.74) is -1.89. The fourth-order valence-electron chi connectivity index (χ4n) is 3.10. The van der Waals surface area contributed by atoms with Crippen molar-refractivity contribution in [1.29, 1.82) is 5.26 Å². The second-order valence-corrected chi connectivity index (χ2v) is 7.31. The standard InChI is InChI=1S/C18H17F3N6O3S/c1-3-30-17(29)12-8-11(9-22)15(23-14(12)18(19,20)21)26-4-6-27(7-5-26)16(28)13-10(2)24-25-31-13/h8H,3-7H2,1-2H3. The number of hydrogen-bond donors (Lipinski definition) is 0. The molecule has 1 aliphatic rings. The summed E-state index contributed by atoms with van der Waals surface area (Å²) in [5.74, 6) is -1.64. The molecule has 2 aromatic rings. The largest absolute Gasteiger partial charge is 0.462 e. The van der Waals surface area contributed by atoms with E-state index in [1.54, 1.807) is 17.9 Å². The minimum Gasteiger partial charge on any atom is -0.462 e. The van der Waals surface area contributed by atoms with Crippen molar-refractivity contribution in [2.24, 2.45) is 0 Å². The van der Waals surface area contributed by atoms with Crippen molar-refractivity contribution in [2.75, 3.05) is 37.7 Å². The predicted molar refractivity (Wildman–Crippen MR) is 103 cm³/mol. The maximum atomic E-state index is 13.6. The fourth-order valence-corrected chi connectivity index (χ4v) is 3.73. The number of pyridine rings is 1. The van der Waals surface area contributed by atoms with Crippen molar-refractivity contribution in [3.63, 3.8) is 0 Å². The number of anilines is 1. The van der Waals surface area contributed by atoms with E-state index in [2.05, 4.69) is 19.3 Å². The Morgan fingerprint density at radius 2 is 1.97 bits per heavy atom. The lowest BCUT2D eigenvalue weighted by molar-refractivity contribution is -0.141. The first-order valence-corrected chi connectivity index (χ1v) is 9.97. The summed E-state index contributed by atoms with van der Waals surface area (Å²) in [6.45, 7) is 3.75. The van der Waals surface area contributed by atoms with E-state index >= 15 is 0 Å². The third kappa shape index (κ3) is 4.58. The lowest BCUT2D eigenvalue weighted by Crippen LogP contribution is -2.49. The Hall–Kier alpha value is -3.27. The molecular weight excluding hydrogens is 437 g/mol. The Balaban J connectivity index is 1.88. The monoisotopic (exact) mass is 454 g/mol.